The van der Waals surface area contributed by atoms with Gasteiger partial charge in [-0.15, -0.1) is 0 Å². The lowest BCUT2D eigenvalue weighted by atomic mass is 10.1. The summed E-state index contributed by atoms with van der Waals surface area (Å²) in [6.07, 6.45) is 1.55. The van der Waals surface area contributed by atoms with Gasteiger partial charge in [0.2, 0.25) is 0 Å². The summed E-state index contributed by atoms with van der Waals surface area (Å²) in [4.78, 5) is 29.9. The first-order valence-electron chi connectivity index (χ1n) is 8.92. The van der Waals surface area contributed by atoms with Crippen molar-refractivity contribution in [3.8, 4) is 21.7 Å². The molecule has 4 aromatic rings. The number of carbonyl (C=O) groups is 1. The fourth-order valence-electron chi connectivity index (χ4n) is 2.90. The molecule has 0 unspecified atom stereocenters. The van der Waals surface area contributed by atoms with E-state index in [1.54, 1.807) is 31.4 Å². The minimum atomic E-state index is -0.419. The molecule has 0 fully saturated rings. The molecule has 2 heterocycles. The van der Waals surface area contributed by atoms with Gasteiger partial charge in [-0.05, 0) is 18.2 Å². The highest BCUT2D eigenvalue weighted by Crippen LogP contribution is 2.43. The SMILES string of the molecule is Cn1ccc(C(=O)Nc2nc(-c3ccccc3Cl)c(-c3ccccc3Cl)s2)cc1=O. The van der Waals surface area contributed by atoms with Crippen molar-refractivity contribution in [2.75, 3.05) is 5.32 Å². The Morgan fingerprint density at radius 1 is 1.00 bits per heavy atom. The van der Waals surface area contributed by atoms with Crippen LogP contribution in [0.5, 0.6) is 0 Å². The fraction of sp³-hybridized carbons (Fsp3) is 0.0455. The summed E-state index contributed by atoms with van der Waals surface area (Å²) in [7, 11) is 1.62. The van der Waals surface area contributed by atoms with Gasteiger partial charge in [0.1, 0.15) is 0 Å². The number of hydrogen-bond donors (Lipinski definition) is 1. The van der Waals surface area contributed by atoms with Gasteiger partial charge in [0.05, 0.1) is 15.6 Å². The molecule has 5 nitrogen and oxygen atoms in total. The standard InChI is InChI=1S/C22H15Cl2N3O2S/c1-27-11-10-13(12-18(27)28)21(29)26-22-25-19(14-6-2-4-8-16(14)23)20(30-22)15-7-3-5-9-17(15)24/h2-12H,1H3,(H,25,26,29). The average Bonchev–Trinajstić information content (AvgIpc) is 3.14. The quantitative estimate of drug-likeness (QED) is 0.426. The Balaban J connectivity index is 1.78. The Bertz CT molecular complexity index is 1250. The topological polar surface area (TPSA) is 64.0 Å². The van der Waals surface area contributed by atoms with Crippen LogP contribution in [0.2, 0.25) is 10.0 Å². The van der Waals surface area contributed by atoms with E-state index in [0.717, 1.165) is 16.0 Å². The molecule has 30 heavy (non-hydrogen) atoms. The number of rotatable bonds is 4. The van der Waals surface area contributed by atoms with Crippen molar-refractivity contribution in [2.24, 2.45) is 7.05 Å². The zero-order valence-electron chi connectivity index (χ0n) is 15.7. The third-order valence-corrected chi connectivity index (χ3v) is 6.12. The Morgan fingerprint density at radius 2 is 1.63 bits per heavy atom. The van der Waals surface area contributed by atoms with E-state index in [1.807, 2.05) is 36.4 Å². The number of nitrogens with one attached hydrogen (secondary N) is 1. The van der Waals surface area contributed by atoms with Gasteiger partial charge in [0.15, 0.2) is 5.13 Å². The smallest absolute Gasteiger partial charge is 0.257 e. The van der Waals surface area contributed by atoms with Gasteiger partial charge in [-0.3, -0.25) is 14.9 Å². The lowest BCUT2D eigenvalue weighted by Gasteiger charge is -2.06. The van der Waals surface area contributed by atoms with Crippen molar-refractivity contribution in [1.29, 1.82) is 0 Å². The van der Waals surface area contributed by atoms with E-state index in [-0.39, 0.29) is 11.1 Å². The first-order valence-corrected chi connectivity index (χ1v) is 10.5. The van der Waals surface area contributed by atoms with Gasteiger partial charge < -0.3 is 4.57 Å². The summed E-state index contributed by atoms with van der Waals surface area (Å²) >= 11 is 14.1. The van der Waals surface area contributed by atoms with Crippen LogP contribution in [-0.4, -0.2) is 15.5 Å². The van der Waals surface area contributed by atoms with Crippen molar-refractivity contribution in [3.63, 3.8) is 0 Å². The molecule has 0 atom stereocenters. The molecule has 0 saturated carbocycles. The fourth-order valence-corrected chi connectivity index (χ4v) is 4.42. The minimum Gasteiger partial charge on any atom is -0.319 e. The van der Waals surface area contributed by atoms with E-state index in [0.29, 0.717) is 20.9 Å². The van der Waals surface area contributed by atoms with Crippen LogP contribution in [0.25, 0.3) is 21.7 Å². The number of halogens is 2. The van der Waals surface area contributed by atoms with Gasteiger partial charge in [-0.25, -0.2) is 4.98 Å². The van der Waals surface area contributed by atoms with Crippen LogP contribution in [0.4, 0.5) is 5.13 Å². The zero-order valence-corrected chi connectivity index (χ0v) is 18.1. The largest absolute Gasteiger partial charge is 0.319 e. The molecule has 1 N–H and O–H groups in total. The number of benzene rings is 2. The second-order valence-corrected chi connectivity index (χ2v) is 8.29. The summed E-state index contributed by atoms with van der Waals surface area (Å²) in [5.74, 6) is -0.419. The van der Waals surface area contributed by atoms with Crippen LogP contribution in [0, 0.1) is 0 Å². The Morgan fingerprint density at radius 3 is 2.27 bits per heavy atom. The third kappa shape index (κ3) is 4.03. The molecule has 4 rings (SSSR count). The number of nitrogens with zero attached hydrogens (tertiary/aromatic N) is 2. The van der Waals surface area contributed by atoms with Crippen LogP contribution in [0.1, 0.15) is 10.4 Å². The molecule has 0 aliphatic rings. The van der Waals surface area contributed by atoms with E-state index in [4.69, 9.17) is 23.2 Å². The highest BCUT2D eigenvalue weighted by atomic mass is 35.5. The summed E-state index contributed by atoms with van der Waals surface area (Å²) in [5.41, 5.74) is 2.14. The van der Waals surface area contributed by atoms with Crippen LogP contribution in [0.3, 0.4) is 0 Å². The number of hydrogen-bond acceptors (Lipinski definition) is 4. The van der Waals surface area contributed by atoms with Crippen molar-refractivity contribution >= 4 is 45.6 Å². The lowest BCUT2D eigenvalue weighted by Crippen LogP contribution is -2.19. The van der Waals surface area contributed by atoms with Crippen LogP contribution in [-0.2, 0) is 7.05 Å². The summed E-state index contributed by atoms with van der Waals surface area (Å²) in [5, 5.41) is 4.27. The van der Waals surface area contributed by atoms with Gasteiger partial charge in [0.25, 0.3) is 11.5 Å². The second-order valence-electron chi connectivity index (χ2n) is 6.48. The van der Waals surface area contributed by atoms with E-state index in [2.05, 4.69) is 10.3 Å². The molecule has 2 aromatic carbocycles. The van der Waals surface area contributed by atoms with Crippen LogP contribution in [0.15, 0.2) is 71.7 Å². The van der Waals surface area contributed by atoms with Gasteiger partial charge >= 0.3 is 0 Å². The lowest BCUT2D eigenvalue weighted by molar-refractivity contribution is 0.102. The summed E-state index contributed by atoms with van der Waals surface area (Å²) in [6, 6.07) is 17.6. The van der Waals surface area contributed by atoms with E-state index < -0.39 is 5.91 Å². The molecule has 0 aliphatic carbocycles. The number of carbonyl (C=O) groups excluding carboxylic acids is 1. The zero-order chi connectivity index (χ0) is 21.3. The maximum Gasteiger partial charge on any atom is 0.257 e. The summed E-state index contributed by atoms with van der Waals surface area (Å²) in [6.45, 7) is 0. The molecule has 1 amide bonds. The molecule has 150 valence electrons. The predicted molar refractivity (Wildman–Crippen MR) is 123 cm³/mol. The van der Waals surface area contributed by atoms with Gasteiger partial charge in [-0.2, -0.15) is 0 Å². The normalized spacial score (nSPS) is 10.8. The van der Waals surface area contributed by atoms with Gasteiger partial charge in [0, 0.05) is 41.0 Å². The van der Waals surface area contributed by atoms with Crippen molar-refractivity contribution < 1.29 is 4.79 Å². The number of thiazole rings is 1. The number of aryl methyl sites for hydroxylation is 1. The van der Waals surface area contributed by atoms with Crippen molar-refractivity contribution in [3.05, 3.63) is 92.8 Å². The molecule has 0 saturated heterocycles. The molecule has 2 aromatic heterocycles. The highest BCUT2D eigenvalue weighted by molar-refractivity contribution is 7.19. The third-order valence-electron chi connectivity index (χ3n) is 4.46. The monoisotopic (exact) mass is 455 g/mol. The minimum absolute atomic E-state index is 0.256. The van der Waals surface area contributed by atoms with Gasteiger partial charge in [-0.1, -0.05) is 70.9 Å². The Labute approximate surface area is 186 Å². The molecular formula is C22H15Cl2N3O2S. The predicted octanol–water partition coefficient (Wildman–Crippen LogP) is 5.73. The van der Waals surface area contributed by atoms with Crippen molar-refractivity contribution in [1.82, 2.24) is 9.55 Å². The van der Waals surface area contributed by atoms with Crippen LogP contribution >= 0.6 is 34.5 Å². The maximum absolute atomic E-state index is 12.7. The molecule has 8 heteroatoms. The molecular weight excluding hydrogens is 441 g/mol. The number of pyridine rings is 1. The average molecular weight is 456 g/mol. The first-order chi connectivity index (χ1) is 14.4. The number of anilines is 1. The van der Waals surface area contributed by atoms with E-state index in [1.165, 1.54) is 22.0 Å². The molecule has 0 bridgehead atoms. The van der Waals surface area contributed by atoms with E-state index >= 15 is 0 Å². The Kier molecular flexibility index (Phi) is 5.72. The molecule has 0 radical (unpaired) electrons. The van der Waals surface area contributed by atoms with E-state index in [9.17, 15) is 9.59 Å². The second kappa shape index (κ2) is 8.44. The molecule has 0 spiro atoms. The first kappa shape index (κ1) is 20.3. The van der Waals surface area contributed by atoms with Crippen molar-refractivity contribution in [2.45, 2.75) is 0 Å². The molecule has 0 aliphatic heterocycles. The number of amides is 1. The Hall–Kier alpha value is -2.93. The van der Waals surface area contributed by atoms with Crippen LogP contribution < -0.4 is 10.9 Å². The maximum atomic E-state index is 12.7. The number of aromatic nitrogens is 2. The summed E-state index contributed by atoms with van der Waals surface area (Å²) < 4.78 is 1.39. The highest BCUT2D eigenvalue weighted by Gasteiger charge is 2.20.